The molecule has 17 heavy (non-hydrogen) atoms. The maximum Gasteiger partial charge on any atom is 0.498 e. The van der Waals surface area contributed by atoms with Gasteiger partial charge >= 0.3 is 7.12 Å². The molecule has 7 heteroatoms. The van der Waals surface area contributed by atoms with E-state index in [1.165, 1.54) is 6.07 Å². The monoisotopic (exact) mass is 259 g/mol. The third-order valence-corrected chi connectivity index (χ3v) is 2.86. The van der Waals surface area contributed by atoms with E-state index < -0.39 is 13.2 Å². The van der Waals surface area contributed by atoms with Crippen molar-refractivity contribution < 1.29 is 18.4 Å². The molecule has 2 heterocycles. The van der Waals surface area contributed by atoms with E-state index in [0.717, 1.165) is 0 Å². The number of rotatable bonds is 1. The molecule has 0 aliphatic carbocycles. The van der Waals surface area contributed by atoms with Crippen molar-refractivity contribution in [2.75, 3.05) is 19.8 Å². The summed E-state index contributed by atoms with van der Waals surface area (Å²) in [4.78, 5) is 0. The van der Waals surface area contributed by atoms with Crippen LogP contribution in [0.4, 0.5) is 4.39 Å². The number of hydrogen-bond acceptors (Lipinski definition) is 4. The highest BCUT2D eigenvalue weighted by molar-refractivity contribution is 6.64. The van der Waals surface area contributed by atoms with Gasteiger partial charge in [0, 0.05) is 17.6 Å². The van der Waals surface area contributed by atoms with Crippen LogP contribution in [0.1, 0.15) is 11.7 Å². The molecule has 1 atom stereocenters. The van der Waals surface area contributed by atoms with Crippen LogP contribution in [0.3, 0.4) is 0 Å². The molecular weight excluding hydrogens is 247 g/mol. The lowest BCUT2D eigenvalue weighted by molar-refractivity contribution is 0.146. The number of halogens is 2. The van der Waals surface area contributed by atoms with E-state index in [9.17, 15) is 4.39 Å². The Kier molecular flexibility index (Phi) is 3.58. The first-order valence-corrected chi connectivity index (χ1v) is 5.23. The summed E-state index contributed by atoms with van der Waals surface area (Å²) in [6, 6.07) is 2.99. The molecule has 0 saturated heterocycles. The maximum atomic E-state index is 13.7. The zero-order chi connectivity index (χ0) is 11.1. The van der Waals surface area contributed by atoms with Gasteiger partial charge in [-0.1, -0.05) is 0 Å². The van der Waals surface area contributed by atoms with Crippen LogP contribution in [0.5, 0.6) is 5.75 Å². The van der Waals surface area contributed by atoms with Gasteiger partial charge < -0.3 is 19.8 Å². The maximum absolute atomic E-state index is 13.7. The molecule has 1 aromatic rings. The average Bonchev–Trinajstić information content (AvgIpc) is 2.55. The quantitative estimate of drug-likeness (QED) is 0.741. The summed E-state index contributed by atoms with van der Waals surface area (Å²) in [5.41, 5.74) is 6.69. The Bertz CT molecular complexity index is 434. The lowest BCUT2D eigenvalue weighted by Crippen LogP contribution is -2.31. The molecule has 4 nitrogen and oxygen atoms in total. The van der Waals surface area contributed by atoms with Crippen LogP contribution in [-0.4, -0.2) is 26.9 Å². The molecule has 0 bridgehead atoms. The molecule has 92 valence electrons. The van der Waals surface area contributed by atoms with Crippen molar-refractivity contribution in [3.63, 3.8) is 0 Å². The third kappa shape index (κ3) is 1.91. The summed E-state index contributed by atoms with van der Waals surface area (Å²) in [5.74, 6) is 0.320. The van der Waals surface area contributed by atoms with E-state index in [4.69, 9.17) is 19.8 Å². The van der Waals surface area contributed by atoms with Crippen molar-refractivity contribution in [2.45, 2.75) is 6.10 Å². The number of nitrogens with two attached hydrogens (primary N) is 1. The standard InChI is InChI=1S/C10H11BFNO3.ClH/c12-6-1-2-7-10-9(6)8(5-13)16-11(10)15-4-3-14-7;/h1-2,8H,3-5,13H2;1H/t8-;/m1./s1. The highest BCUT2D eigenvalue weighted by Crippen LogP contribution is 2.31. The van der Waals surface area contributed by atoms with E-state index in [1.807, 2.05) is 0 Å². The second-order valence-electron chi connectivity index (χ2n) is 3.78. The van der Waals surface area contributed by atoms with Crippen molar-refractivity contribution in [3.8, 4) is 5.75 Å². The van der Waals surface area contributed by atoms with Gasteiger partial charge in [-0.15, -0.1) is 12.4 Å². The van der Waals surface area contributed by atoms with Gasteiger partial charge in [-0.3, -0.25) is 0 Å². The summed E-state index contributed by atoms with van der Waals surface area (Å²) >= 11 is 0. The topological polar surface area (TPSA) is 53.7 Å². The fourth-order valence-corrected chi connectivity index (χ4v) is 2.17. The van der Waals surface area contributed by atoms with Gasteiger partial charge in [0.1, 0.15) is 18.2 Å². The summed E-state index contributed by atoms with van der Waals surface area (Å²) in [5, 5.41) is 0. The number of ether oxygens (including phenoxy) is 1. The average molecular weight is 259 g/mol. The van der Waals surface area contributed by atoms with Crippen LogP contribution in [0.25, 0.3) is 0 Å². The van der Waals surface area contributed by atoms with Gasteiger partial charge in [-0.05, 0) is 12.1 Å². The molecule has 2 N–H and O–H groups in total. The van der Waals surface area contributed by atoms with E-state index in [1.54, 1.807) is 6.07 Å². The molecule has 0 amide bonds. The minimum absolute atomic E-state index is 0. The van der Waals surface area contributed by atoms with Gasteiger partial charge in [0.05, 0.1) is 12.7 Å². The van der Waals surface area contributed by atoms with E-state index in [-0.39, 0.29) is 24.8 Å². The smallest absolute Gasteiger partial charge is 0.492 e. The predicted octanol–water partition coefficient (Wildman–Crippen LogP) is 0.382. The lowest BCUT2D eigenvalue weighted by atomic mass is 9.77. The molecule has 2 aliphatic rings. The molecule has 0 saturated carbocycles. The Morgan fingerprint density at radius 3 is 3.00 bits per heavy atom. The van der Waals surface area contributed by atoms with Gasteiger partial charge in [0.2, 0.25) is 0 Å². The number of hydrogen-bond donors (Lipinski definition) is 1. The molecule has 1 aromatic carbocycles. The van der Waals surface area contributed by atoms with Gasteiger partial charge in [0.15, 0.2) is 0 Å². The highest BCUT2D eigenvalue weighted by Gasteiger charge is 2.42. The first kappa shape index (κ1) is 12.6. The van der Waals surface area contributed by atoms with Crippen molar-refractivity contribution in [3.05, 3.63) is 23.5 Å². The van der Waals surface area contributed by atoms with Gasteiger partial charge in [-0.25, -0.2) is 4.39 Å². The molecule has 2 aliphatic heterocycles. The summed E-state index contributed by atoms with van der Waals surface area (Å²) in [6.45, 7) is 1.11. The predicted molar refractivity (Wildman–Crippen MR) is 63.4 cm³/mol. The Hall–Kier alpha value is -0.815. The van der Waals surface area contributed by atoms with Crippen LogP contribution >= 0.6 is 12.4 Å². The SMILES string of the molecule is Cl.NC[C@H]1OB2OCCOc3ccc(F)c1c32. The summed E-state index contributed by atoms with van der Waals surface area (Å²) in [7, 11) is -0.545. The highest BCUT2D eigenvalue weighted by atomic mass is 35.5. The molecule has 0 unspecified atom stereocenters. The van der Waals surface area contributed by atoms with Crippen LogP contribution in [0, 0.1) is 5.82 Å². The largest absolute Gasteiger partial charge is 0.498 e. The van der Waals surface area contributed by atoms with Gasteiger partial charge in [-0.2, -0.15) is 0 Å². The fourth-order valence-electron chi connectivity index (χ4n) is 2.17. The minimum atomic E-state index is -0.545. The van der Waals surface area contributed by atoms with E-state index >= 15 is 0 Å². The second-order valence-corrected chi connectivity index (χ2v) is 3.78. The Labute approximate surface area is 105 Å². The lowest BCUT2D eigenvalue weighted by Gasteiger charge is -2.12. The second kappa shape index (κ2) is 4.82. The van der Waals surface area contributed by atoms with Crippen molar-refractivity contribution in [2.24, 2.45) is 5.73 Å². The minimum Gasteiger partial charge on any atom is -0.492 e. The van der Waals surface area contributed by atoms with E-state index in [2.05, 4.69) is 0 Å². The fraction of sp³-hybridized carbons (Fsp3) is 0.400. The Balaban J connectivity index is 0.00000108. The summed E-state index contributed by atoms with van der Waals surface area (Å²) < 4.78 is 30.2. The molecule has 0 aromatic heterocycles. The zero-order valence-corrected chi connectivity index (χ0v) is 9.84. The van der Waals surface area contributed by atoms with Crippen LogP contribution < -0.4 is 15.9 Å². The van der Waals surface area contributed by atoms with Crippen molar-refractivity contribution >= 4 is 25.0 Å². The van der Waals surface area contributed by atoms with Crippen LogP contribution in [0.15, 0.2) is 12.1 Å². The Morgan fingerprint density at radius 1 is 1.41 bits per heavy atom. The van der Waals surface area contributed by atoms with Crippen LogP contribution in [-0.2, 0) is 9.31 Å². The number of benzene rings is 1. The first-order valence-electron chi connectivity index (χ1n) is 5.23. The summed E-state index contributed by atoms with van der Waals surface area (Å²) in [6.07, 6.45) is -0.443. The molecule has 3 rings (SSSR count). The van der Waals surface area contributed by atoms with Crippen molar-refractivity contribution in [1.82, 2.24) is 0 Å². The normalized spacial score (nSPS) is 21.3. The molecule has 0 spiro atoms. The van der Waals surface area contributed by atoms with E-state index in [0.29, 0.717) is 30.0 Å². The van der Waals surface area contributed by atoms with Crippen molar-refractivity contribution in [1.29, 1.82) is 0 Å². The molecule has 0 radical (unpaired) electrons. The Morgan fingerprint density at radius 2 is 2.24 bits per heavy atom. The van der Waals surface area contributed by atoms with Crippen LogP contribution in [0.2, 0.25) is 0 Å². The molecular formula is C10H12BClFNO3. The van der Waals surface area contributed by atoms with Gasteiger partial charge in [0.25, 0.3) is 0 Å². The zero-order valence-electron chi connectivity index (χ0n) is 9.02. The first-order chi connectivity index (χ1) is 7.81. The third-order valence-electron chi connectivity index (χ3n) is 2.86. The molecule has 0 fully saturated rings.